The first-order valence-corrected chi connectivity index (χ1v) is 6.52. The second kappa shape index (κ2) is 5.82. The van der Waals surface area contributed by atoms with Crippen molar-refractivity contribution in [1.82, 2.24) is 5.32 Å². The lowest BCUT2D eigenvalue weighted by Crippen LogP contribution is -2.30. The molecule has 1 N–H and O–H groups in total. The first-order chi connectivity index (χ1) is 8.96. The van der Waals surface area contributed by atoms with Crippen LogP contribution in [0.5, 0.6) is 5.75 Å². The molecule has 1 aromatic rings. The summed E-state index contributed by atoms with van der Waals surface area (Å²) >= 11 is 0. The molecule has 0 amide bonds. The zero-order chi connectivity index (χ0) is 13.9. The van der Waals surface area contributed by atoms with Crippen molar-refractivity contribution in [2.45, 2.75) is 32.0 Å². The fourth-order valence-electron chi connectivity index (χ4n) is 2.61. The van der Waals surface area contributed by atoms with Gasteiger partial charge in [-0.3, -0.25) is 0 Å². The molecule has 2 nitrogen and oxygen atoms in total. The smallest absolute Gasteiger partial charge is 0.406 e. The first kappa shape index (κ1) is 14.2. The molecule has 1 aromatic carbocycles. The Morgan fingerprint density at radius 2 is 1.95 bits per heavy atom. The third-order valence-electron chi connectivity index (χ3n) is 3.71. The topological polar surface area (TPSA) is 21.3 Å². The Kier molecular flexibility index (Phi) is 4.34. The minimum Gasteiger partial charge on any atom is -0.406 e. The van der Waals surface area contributed by atoms with Crippen molar-refractivity contribution in [2.24, 2.45) is 5.92 Å². The van der Waals surface area contributed by atoms with Gasteiger partial charge in [-0.1, -0.05) is 19.1 Å². The first-order valence-electron chi connectivity index (χ1n) is 6.52. The van der Waals surface area contributed by atoms with Gasteiger partial charge in [-0.2, -0.15) is 0 Å². The summed E-state index contributed by atoms with van der Waals surface area (Å²) in [4.78, 5) is 0. The Hall–Kier alpha value is -1.23. The van der Waals surface area contributed by atoms with Crippen molar-refractivity contribution in [3.8, 4) is 5.75 Å². The predicted octanol–water partition coefficient (Wildman–Crippen LogP) is 3.69. The van der Waals surface area contributed by atoms with Crippen molar-refractivity contribution in [1.29, 1.82) is 0 Å². The molecular weight excluding hydrogens is 255 g/mol. The van der Waals surface area contributed by atoms with Gasteiger partial charge in [-0.05, 0) is 55.5 Å². The summed E-state index contributed by atoms with van der Waals surface area (Å²) in [7, 11) is 0. The molecule has 1 atom stereocenters. The van der Waals surface area contributed by atoms with Gasteiger partial charge in [0.15, 0.2) is 0 Å². The molecule has 0 bridgehead atoms. The summed E-state index contributed by atoms with van der Waals surface area (Å²) in [6, 6.07) is 6.33. The molecule has 2 rings (SSSR count). The van der Waals surface area contributed by atoms with Gasteiger partial charge in [0.2, 0.25) is 0 Å². The number of benzene rings is 1. The molecular formula is C14H18F3NO. The Morgan fingerprint density at radius 3 is 2.58 bits per heavy atom. The number of alkyl halides is 3. The van der Waals surface area contributed by atoms with Gasteiger partial charge in [0.05, 0.1) is 0 Å². The third kappa shape index (κ3) is 4.13. The lowest BCUT2D eigenvalue weighted by Gasteiger charge is -2.28. The van der Waals surface area contributed by atoms with E-state index >= 15 is 0 Å². The fourth-order valence-corrected chi connectivity index (χ4v) is 2.61. The normalized spacial score (nSPS) is 19.2. The number of piperidine rings is 1. The van der Waals surface area contributed by atoms with Gasteiger partial charge in [0, 0.05) is 0 Å². The molecule has 0 aliphatic carbocycles. The van der Waals surface area contributed by atoms with E-state index < -0.39 is 6.36 Å². The van der Waals surface area contributed by atoms with E-state index in [-0.39, 0.29) is 11.7 Å². The van der Waals surface area contributed by atoms with Gasteiger partial charge in [-0.25, -0.2) is 0 Å². The van der Waals surface area contributed by atoms with E-state index in [0.717, 1.165) is 31.5 Å². The number of hydrogen-bond acceptors (Lipinski definition) is 2. The summed E-state index contributed by atoms with van der Waals surface area (Å²) in [5.41, 5.74) is 0.911. The van der Waals surface area contributed by atoms with Crippen LogP contribution in [0.2, 0.25) is 0 Å². The van der Waals surface area contributed by atoms with E-state index in [0.29, 0.717) is 5.92 Å². The van der Waals surface area contributed by atoms with Crippen LogP contribution in [0, 0.1) is 5.92 Å². The molecule has 106 valence electrons. The summed E-state index contributed by atoms with van der Waals surface area (Å²) < 4.78 is 40.6. The van der Waals surface area contributed by atoms with Crippen molar-refractivity contribution >= 4 is 0 Å². The predicted molar refractivity (Wildman–Crippen MR) is 67.1 cm³/mol. The highest BCUT2D eigenvalue weighted by Crippen LogP contribution is 2.33. The second-order valence-corrected chi connectivity index (χ2v) is 5.00. The molecule has 1 aliphatic heterocycles. The van der Waals surface area contributed by atoms with Crippen molar-refractivity contribution < 1.29 is 17.9 Å². The number of ether oxygens (including phenoxy) is 1. The number of halogens is 3. The summed E-state index contributed by atoms with van der Waals surface area (Å²) in [5.74, 6) is 0.632. The van der Waals surface area contributed by atoms with Gasteiger partial charge in [0.1, 0.15) is 5.75 Å². The van der Waals surface area contributed by atoms with E-state index in [1.807, 2.05) is 6.07 Å². The van der Waals surface area contributed by atoms with Gasteiger partial charge < -0.3 is 10.1 Å². The van der Waals surface area contributed by atoms with Crippen LogP contribution in [0.4, 0.5) is 13.2 Å². The van der Waals surface area contributed by atoms with Gasteiger partial charge in [0.25, 0.3) is 0 Å². The average molecular weight is 273 g/mol. The zero-order valence-electron chi connectivity index (χ0n) is 10.8. The van der Waals surface area contributed by atoms with Crippen LogP contribution in [-0.4, -0.2) is 19.5 Å². The van der Waals surface area contributed by atoms with Gasteiger partial charge in [-0.15, -0.1) is 13.2 Å². The molecule has 1 saturated heterocycles. The second-order valence-electron chi connectivity index (χ2n) is 5.00. The monoisotopic (exact) mass is 273 g/mol. The highest BCUT2D eigenvalue weighted by Gasteiger charge is 2.31. The SMILES string of the molecule is CC(c1cccc(OC(F)(F)F)c1)C1CCNCC1. The van der Waals surface area contributed by atoms with Crippen LogP contribution in [0.15, 0.2) is 24.3 Å². The summed E-state index contributed by atoms with van der Waals surface area (Å²) in [6.07, 6.45) is -2.51. The van der Waals surface area contributed by atoms with Gasteiger partial charge >= 0.3 is 6.36 Å². The minimum atomic E-state index is -4.63. The molecule has 1 fully saturated rings. The third-order valence-corrected chi connectivity index (χ3v) is 3.71. The molecule has 1 unspecified atom stereocenters. The molecule has 0 spiro atoms. The largest absolute Gasteiger partial charge is 0.573 e. The van der Waals surface area contributed by atoms with Crippen LogP contribution in [0.1, 0.15) is 31.2 Å². The maximum absolute atomic E-state index is 12.2. The molecule has 1 heterocycles. The maximum Gasteiger partial charge on any atom is 0.573 e. The van der Waals surface area contributed by atoms with E-state index in [2.05, 4.69) is 17.0 Å². The van der Waals surface area contributed by atoms with Crippen LogP contribution in [0.3, 0.4) is 0 Å². The van der Waals surface area contributed by atoms with Crippen molar-refractivity contribution in [3.05, 3.63) is 29.8 Å². The minimum absolute atomic E-state index is 0.134. The molecule has 19 heavy (non-hydrogen) atoms. The Morgan fingerprint density at radius 1 is 1.26 bits per heavy atom. The lowest BCUT2D eigenvalue weighted by atomic mass is 9.82. The molecule has 0 radical (unpaired) electrons. The highest BCUT2D eigenvalue weighted by atomic mass is 19.4. The van der Waals surface area contributed by atoms with E-state index in [9.17, 15) is 13.2 Å². The van der Waals surface area contributed by atoms with Crippen LogP contribution >= 0.6 is 0 Å². The molecule has 1 aliphatic rings. The van der Waals surface area contributed by atoms with Crippen LogP contribution < -0.4 is 10.1 Å². The van der Waals surface area contributed by atoms with Crippen LogP contribution in [-0.2, 0) is 0 Å². The Bertz CT molecular complexity index is 413. The van der Waals surface area contributed by atoms with E-state index in [1.165, 1.54) is 12.1 Å². The fraction of sp³-hybridized carbons (Fsp3) is 0.571. The average Bonchev–Trinajstić information content (AvgIpc) is 2.37. The highest BCUT2D eigenvalue weighted by molar-refractivity contribution is 5.31. The number of nitrogens with one attached hydrogen (secondary N) is 1. The van der Waals surface area contributed by atoms with Crippen molar-refractivity contribution in [2.75, 3.05) is 13.1 Å². The van der Waals surface area contributed by atoms with E-state index in [1.54, 1.807) is 6.07 Å². The maximum atomic E-state index is 12.2. The quantitative estimate of drug-likeness (QED) is 0.907. The zero-order valence-corrected chi connectivity index (χ0v) is 10.8. The molecule has 0 aromatic heterocycles. The molecule has 5 heteroatoms. The lowest BCUT2D eigenvalue weighted by molar-refractivity contribution is -0.274. The molecule has 0 saturated carbocycles. The summed E-state index contributed by atoms with van der Waals surface area (Å²) in [5, 5.41) is 3.29. The summed E-state index contributed by atoms with van der Waals surface area (Å²) in [6.45, 7) is 4.03. The standard InChI is InChI=1S/C14H18F3NO/c1-10(11-5-7-18-8-6-11)12-3-2-4-13(9-12)19-14(15,16)17/h2-4,9-11,18H,5-8H2,1H3. The number of hydrogen-bond donors (Lipinski definition) is 1. The number of rotatable bonds is 3. The Balaban J connectivity index is 2.09. The van der Waals surface area contributed by atoms with Crippen molar-refractivity contribution in [3.63, 3.8) is 0 Å². The Labute approximate surface area is 111 Å². The van der Waals surface area contributed by atoms with Crippen LogP contribution in [0.25, 0.3) is 0 Å². The van der Waals surface area contributed by atoms with E-state index in [4.69, 9.17) is 0 Å².